The van der Waals surface area contributed by atoms with Gasteiger partial charge in [-0.25, -0.2) is 4.98 Å². The summed E-state index contributed by atoms with van der Waals surface area (Å²) in [6.45, 7) is 2.82. The number of hydrogen-bond acceptors (Lipinski definition) is 4. The van der Waals surface area contributed by atoms with Gasteiger partial charge in [0.25, 0.3) is 5.91 Å². The molecule has 4 nitrogen and oxygen atoms in total. The summed E-state index contributed by atoms with van der Waals surface area (Å²) in [5.74, 6) is 0.646. The molecule has 4 rings (SSSR count). The van der Waals surface area contributed by atoms with Crippen molar-refractivity contribution in [3.05, 3.63) is 78.4 Å². The van der Waals surface area contributed by atoms with Crippen LogP contribution in [0.5, 0.6) is 5.75 Å². The summed E-state index contributed by atoms with van der Waals surface area (Å²) in [6, 6.07) is 23.1. The molecule has 1 N–H and O–H groups in total. The summed E-state index contributed by atoms with van der Waals surface area (Å²) in [7, 11) is 0. The summed E-state index contributed by atoms with van der Waals surface area (Å²) in [5.41, 5.74) is 3.40. The van der Waals surface area contributed by atoms with E-state index in [0.29, 0.717) is 12.2 Å². The summed E-state index contributed by atoms with van der Waals surface area (Å²) in [5, 5.41) is 3.91. The van der Waals surface area contributed by atoms with Gasteiger partial charge < -0.3 is 10.1 Å². The van der Waals surface area contributed by atoms with Crippen molar-refractivity contribution in [2.24, 2.45) is 0 Å². The highest BCUT2D eigenvalue weighted by Gasteiger charge is 2.09. The highest BCUT2D eigenvalue weighted by atomic mass is 32.1. The van der Waals surface area contributed by atoms with Crippen molar-refractivity contribution in [2.45, 2.75) is 19.8 Å². The lowest BCUT2D eigenvalue weighted by Crippen LogP contribution is -2.11. The number of anilines is 1. The fourth-order valence-electron chi connectivity index (χ4n) is 2.93. The van der Waals surface area contributed by atoms with Crippen LogP contribution in [0.2, 0.25) is 0 Å². The predicted octanol–water partition coefficient (Wildman–Crippen LogP) is 6.39. The molecule has 0 spiro atoms. The number of rotatable bonds is 7. The number of para-hydroxylation sites is 1. The van der Waals surface area contributed by atoms with Crippen molar-refractivity contribution in [2.75, 3.05) is 11.9 Å². The zero-order valence-corrected chi connectivity index (χ0v) is 17.0. The Hall–Kier alpha value is -3.18. The number of hydrogen-bond donors (Lipinski definition) is 1. The largest absolute Gasteiger partial charge is 0.494 e. The molecular weight excluding hydrogens is 380 g/mol. The van der Waals surface area contributed by atoms with Gasteiger partial charge in [0.1, 0.15) is 10.8 Å². The Labute approximate surface area is 174 Å². The summed E-state index contributed by atoms with van der Waals surface area (Å²) >= 11 is 1.66. The zero-order chi connectivity index (χ0) is 20.1. The lowest BCUT2D eigenvalue weighted by atomic mass is 10.2. The minimum absolute atomic E-state index is 0.141. The second kappa shape index (κ2) is 8.88. The van der Waals surface area contributed by atoms with Crippen molar-refractivity contribution < 1.29 is 9.53 Å². The topological polar surface area (TPSA) is 51.2 Å². The normalized spacial score (nSPS) is 10.8. The molecule has 29 heavy (non-hydrogen) atoms. The average Bonchev–Trinajstić information content (AvgIpc) is 3.19. The Balaban J connectivity index is 1.41. The van der Waals surface area contributed by atoms with E-state index in [0.717, 1.165) is 40.4 Å². The SMILES string of the molecule is CCCCOc1ccc(C(=O)Nc2ccc(-c3nc4ccccc4s3)cc2)cc1. The van der Waals surface area contributed by atoms with Crippen LogP contribution >= 0.6 is 11.3 Å². The van der Waals surface area contributed by atoms with Crippen LogP contribution in [0.25, 0.3) is 20.8 Å². The van der Waals surface area contributed by atoms with E-state index in [9.17, 15) is 4.79 Å². The van der Waals surface area contributed by atoms with E-state index < -0.39 is 0 Å². The van der Waals surface area contributed by atoms with E-state index in [-0.39, 0.29) is 5.91 Å². The number of amides is 1. The lowest BCUT2D eigenvalue weighted by molar-refractivity contribution is 0.102. The smallest absolute Gasteiger partial charge is 0.255 e. The molecular formula is C24H22N2O2S. The standard InChI is InChI=1S/C24H22N2O2S/c1-2-3-16-28-20-14-10-17(11-15-20)23(27)25-19-12-8-18(9-13-19)24-26-21-6-4-5-7-22(21)29-24/h4-15H,2-3,16H2,1H3,(H,25,27). The molecule has 0 aliphatic heterocycles. The van der Waals surface area contributed by atoms with Gasteiger partial charge in [-0.05, 0) is 67.1 Å². The number of carbonyl (C=O) groups excluding carboxylic acids is 1. The van der Waals surface area contributed by atoms with E-state index in [4.69, 9.17) is 4.74 Å². The van der Waals surface area contributed by atoms with Gasteiger partial charge in [-0.3, -0.25) is 4.79 Å². The minimum atomic E-state index is -0.141. The quantitative estimate of drug-likeness (QED) is 0.364. The van der Waals surface area contributed by atoms with E-state index in [1.54, 1.807) is 23.5 Å². The predicted molar refractivity (Wildman–Crippen MR) is 120 cm³/mol. The number of aromatic nitrogens is 1. The average molecular weight is 403 g/mol. The van der Waals surface area contributed by atoms with Crippen molar-refractivity contribution in [3.8, 4) is 16.3 Å². The second-order valence-electron chi connectivity index (χ2n) is 6.74. The van der Waals surface area contributed by atoms with E-state index in [2.05, 4.69) is 23.3 Å². The minimum Gasteiger partial charge on any atom is -0.494 e. The van der Waals surface area contributed by atoms with Gasteiger partial charge in [-0.2, -0.15) is 0 Å². The maximum absolute atomic E-state index is 12.5. The van der Waals surface area contributed by atoms with Gasteiger partial charge in [0.2, 0.25) is 0 Å². The number of benzene rings is 3. The first-order chi connectivity index (χ1) is 14.2. The number of nitrogens with one attached hydrogen (secondary N) is 1. The van der Waals surface area contributed by atoms with Crippen LogP contribution in [0, 0.1) is 0 Å². The molecule has 4 aromatic rings. The molecule has 0 aliphatic carbocycles. The van der Waals surface area contributed by atoms with Crippen LogP contribution in [0.1, 0.15) is 30.1 Å². The molecule has 0 fully saturated rings. The van der Waals surface area contributed by atoms with Crippen LogP contribution in [0.4, 0.5) is 5.69 Å². The first kappa shape index (κ1) is 19.2. The molecule has 146 valence electrons. The third kappa shape index (κ3) is 4.63. The fraction of sp³-hybridized carbons (Fsp3) is 0.167. The number of fused-ring (bicyclic) bond motifs is 1. The number of carbonyl (C=O) groups is 1. The van der Waals surface area contributed by atoms with Crippen LogP contribution < -0.4 is 10.1 Å². The number of nitrogens with zero attached hydrogens (tertiary/aromatic N) is 1. The molecule has 0 unspecified atom stereocenters. The molecule has 0 saturated carbocycles. The van der Waals surface area contributed by atoms with Gasteiger partial charge in [0.15, 0.2) is 0 Å². The zero-order valence-electron chi connectivity index (χ0n) is 16.2. The fourth-order valence-corrected chi connectivity index (χ4v) is 3.90. The molecule has 0 bridgehead atoms. The molecule has 1 amide bonds. The van der Waals surface area contributed by atoms with Crippen LogP contribution in [-0.4, -0.2) is 17.5 Å². The number of unbranched alkanes of at least 4 members (excludes halogenated alkanes) is 1. The van der Waals surface area contributed by atoms with E-state index in [1.807, 2.05) is 54.6 Å². The highest BCUT2D eigenvalue weighted by Crippen LogP contribution is 2.30. The van der Waals surface area contributed by atoms with Crippen LogP contribution in [0.3, 0.4) is 0 Å². The van der Waals surface area contributed by atoms with Gasteiger partial charge in [0.05, 0.1) is 16.8 Å². The second-order valence-corrected chi connectivity index (χ2v) is 7.78. The molecule has 0 atom stereocenters. The van der Waals surface area contributed by atoms with Crippen molar-refractivity contribution in [3.63, 3.8) is 0 Å². The Morgan fingerprint density at radius 1 is 1.00 bits per heavy atom. The van der Waals surface area contributed by atoms with Crippen molar-refractivity contribution in [1.82, 2.24) is 4.98 Å². The Bertz CT molecular complexity index is 1070. The lowest BCUT2D eigenvalue weighted by Gasteiger charge is -2.08. The van der Waals surface area contributed by atoms with Crippen LogP contribution in [0.15, 0.2) is 72.8 Å². The van der Waals surface area contributed by atoms with Gasteiger partial charge in [-0.1, -0.05) is 25.5 Å². The molecule has 5 heteroatoms. The Morgan fingerprint density at radius 3 is 2.48 bits per heavy atom. The summed E-state index contributed by atoms with van der Waals surface area (Å²) in [6.07, 6.45) is 2.12. The first-order valence-corrected chi connectivity index (χ1v) is 10.5. The maximum Gasteiger partial charge on any atom is 0.255 e. The van der Waals surface area contributed by atoms with Gasteiger partial charge >= 0.3 is 0 Å². The van der Waals surface area contributed by atoms with Crippen LogP contribution in [-0.2, 0) is 0 Å². The molecule has 0 aliphatic rings. The molecule has 1 aromatic heterocycles. The number of ether oxygens (including phenoxy) is 1. The summed E-state index contributed by atoms with van der Waals surface area (Å²) in [4.78, 5) is 17.2. The third-order valence-corrected chi connectivity index (χ3v) is 5.65. The van der Waals surface area contributed by atoms with Gasteiger partial charge in [0, 0.05) is 16.8 Å². The first-order valence-electron chi connectivity index (χ1n) is 9.73. The van der Waals surface area contributed by atoms with E-state index >= 15 is 0 Å². The molecule has 1 heterocycles. The molecule has 0 saturated heterocycles. The Kier molecular flexibility index (Phi) is 5.86. The number of thiazole rings is 1. The van der Waals surface area contributed by atoms with Gasteiger partial charge in [-0.15, -0.1) is 11.3 Å². The summed E-state index contributed by atoms with van der Waals surface area (Å²) < 4.78 is 6.81. The van der Waals surface area contributed by atoms with Crippen molar-refractivity contribution >= 4 is 33.1 Å². The molecule has 0 radical (unpaired) electrons. The maximum atomic E-state index is 12.5. The molecule has 3 aromatic carbocycles. The van der Waals surface area contributed by atoms with Crippen molar-refractivity contribution in [1.29, 1.82) is 0 Å². The highest BCUT2D eigenvalue weighted by molar-refractivity contribution is 7.21. The monoisotopic (exact) mass is 402 g/mol. The Morgan fingerprint density at radius 2 is 1.76 bits per heavy atom. The van der Waals surface area contributed by atoms with E-state index in [1.165, 1.54) is 4.70 Å². The third-order valence-electron chi connectivity index (χ3n) is 4.57.